The number of hydrogen-bond donors (Lipinski definition) is 4. The molecule has 218 valence electrons. The molecule has 0 radical (unpaired) electrons. The number of hydrogen-bond acceptors (Lipinski definition) is 6. The van der Waals surface area contributed by atoms with E-state index in [1.54, 1.807) is 30.2 Å². The number of nitrogens with zero attached hydrogens (tertiary/aromatic N) is 4. The van der Waals surface area contributed by atoms with Gasteiger partial charge < -0.3 is 25.8 Å². The molecule has 3 aromatic rings. The van der Waals surface area contributed by atoms with E-state index in [0.717, 1.165) is 5.56 Å². The molecule has 4 amide bonds. The lowest BCUT2D eigenvalue weighted by molar-refractivity contribution is -0.129. The first-order valence-corrected chi connectivity index (χ1v) is 14.0. The van der Waals surface area contributed by atoms with Gasteiger partial charge in [-0.15, -0.1) is 0 Å². The molecule has 1 aliphatic rings. The van der Waals surface area contributed by atoms with Crippen LogP contribution in [0.15, 0.2) is 48.7 Å². The molecule has 1 aliphatic heterocycles. The minimum absolute atomic E-state index is 0.119. The van der Waals surface area contributed by atoms with E-state index in [4.69, 9.17) is 0 Å². The van der Waals surface area contributed by atoms with Crippen LogP contribution in [0.5, 0.6) is 0 Å². The zero-order chi connectivity index (χ0) is 29.4. The van der Waals surface area contributed by atoms with E-state index >= 15 is 0 Å². The van der Waals surface area contributed by atoms with Gasteiger partial charge in [-0.25, -0.2) is 9.67 Å². The van der Waals surface area contributed by atoms with E-state index in [0.29, 0.717) is 36.7 Å². The zero-order valence-corrected chi connectivity index (χ0v) is 23.7. The van der Waals surface area contributed by atoms with Crippen LogP contribution in [0.25, 0.3) is 11.4 Å². The minimum Gasteiger partial charge on any atom is -0.357 e. The number of carbonyl (C=O) groups is 4. The summed E-state index contributed by atoms with van der Waals surface area (Å²) in [6.45, 7) is 6.41. The average molecular weight is 563 g/mol. The van der Waals surface area contributed by atoms with Gasteiger partial charge in [-0.3, -0.25) is 19.2 Å². The summed E-state index contributed by atoms with van der Waals surface area (Å²) in [5.41, 5.74) is 1.20. The number of rotatable bonds is 4. The average Bonchev–Trinajstić information content (AvgIpc) is 3.62. The van der Waals surface area contributed by atoms with Crippen molar-refractivity contribution in [3.63, 3.8) is 0 Å². The summed E-state index contributed by atoms with van der Waals surface area (Å²) in [5.74, 6) is -0.139. The lowest BCUT2D eigenvalue weighted by Crippen LogP contribution is -2.48. The van der Waals surface area contributed by atoms with Gasteiger partial charge in [0.15, 0.2) is 5.82 Å². The van der Waals surface area contributed by atoms with Crippen molar-refractivity contribution < 1.29 is 19.2 Å². The molecule has 0 saturated carbocycles. The van der Waals surface area contributed by atoms with Crippen LogP contribution < -0.4 is 16.0 Å². The third-order valence-corrected chi connectivity index (χ3v) is 6.78. The maximum Gasteiger partial charge on any atom is 0.270 e. The quantitative estimate of drug-likeness (QED) is 0.382. The number of amides is 4. The Morgan fingerprint density at radius 2 is 1.80 bits per heavy atom. The predicted molar refractivity (Wildman–Crippen MR) is 152 cm³/mol. The van der Waals surface area contributed by atoms with Crippen LogP contribution in [0.1, 0.15) is 62.4 Å². The van der Waals surface area contributed by atoms with Crippen molar-refractivity contribution in [3.05, 3.63) is 60.2 Å². The van der Waals surface area contributed by atoms with Gasteiger partial charge in [-0.05, 0) is 37.8 Å². The number of aromatic nitrogens is 4. The van der Waals surface area contributed by atoms with Crippen molar-refractivity contribution in [2.45, 2.75) is 58.7 Å². The van der Waals surface area contributed by atoms with Gasteiger partial charge in [0.2, 0.25) is 17.7 Å². The maximum atomic E-state index is 13.4. The third-order valence-electron chi connectivity index (χ3n) is 6.78. The van der Waals surface area contributed by atoms with E-state index in [2.05, 4.69) is 31.0 Å². The van der Waals surface area contributed by atoms with E-state index in [-0.39, 0.29) is 55.6 Å². The Morgan fingerprint density at radius 3 is 2.51 bits per heavy atom. The SMILES string of the molecule is CC(C)C[C@H]1NC(=O)CCCN(C(=O)c2ccc[nH]2)CCNC(=O)Cn2nc(-c3ccccc3)nc2[C@H](C)NC1=O. The van der Waals surface area contributed by atoms with Crippen molar-refractivity contribution in [1.82, 2.24) is 40.6 Å². The summed E-state index contributed by atoms with van der Waals surface area (Å²) in [4.78, 5) is 61.5. The minimum atomic E-state index is -0.745. The highest BCUT2D eigenvalue weighted by molar-refractivity contribution is 5.92. The van der Waals surface area contributed by atoms with Gasteiger partial charge in [0.05, 0.1) is 6.04 Å². The Kier molecular flexibility index (Phi) is 9.88. The highest BCUT2D eigenvalue weighted by Gasteiger charge is 2.27. The molecule has 12 heteroatoms. The predicted octanol–water partition coefficient (Wildman–Crippen LogP) is 2.03. The smallest absolute Gasteiger partial charge is 0.270 e. The van der Waals surface area contributed by atoms with Crippen molar-refractivity contribution >= 4 is 23.6 Å². The molecule has 0 bridgehead atoms. The fourth-order valence-corrected chi connectivity index (χ4v) is 4.75. The Bertz CT molecular complexity index is 1340. The molecule has 2 aromatic heterocycles. The van der Waals surface area contributed by atoms with E-state index in [1.165, 1.54) is 4.68 Å². The number of aromatic amines is 1. The first-order valence-electron chi connectivity index (χ1n) is 14.0. The first-order chi connectivity index (χ1) is 19.7. The molecule has 4 rings (SSSR count). The molecule has 41 heavy (non-hydrogen) atoms. The molecule has 12 nitrogen and oxygen atoms in total. The maximum absolute atomic E-state index is 13.4. The second-order valence-corrected chi connectivity index (χ2v) is 10.6. The summed E-state index contributed by atoms with van der Waals surface area (Å²) in [7, 11) is 0. The van der Waals surface area contributed by atoms with Crippen molar-refractivity contribution in [2.75, 3.05) is 19.6 Å². The number of benzene rings is 1. The van der Waals surface area contributed by atoms with Gasteiger partial charge in [0.25, 0.3) is 5.91 Å². The number of fused-ring (bicyclic) bond motifs is 1. The van der Waals surface area contributed by atoms with Crippen LogP contribution in [0.2, 0.25) is 0 Å². The molecule has 0 aliphatic carbocycles. The summed E-state index contributed by atoms with van der Waals surface area (Å²) in [6.07, 6.45) is 2.67. The van der Waals surface area contributed by atoms with Crippen molar-refractivity contribution in [2.24, 2.45) is 5.92 Å². The molecule has 0 unspecified atom stereocenters. The van der Waals surface area contributed by atoms with Crippen molar-refractivity contribution in [3.8, 4) is 11.4 Å². The van der Waals surface area contributed by atoms with Crippen LogP contribution in [-0.4, -0.2) is 74.0 Å². The lowest BCUT2D eigenvalue weighted by atomic mass is 10.0. The molecular weight excluding hydrogens is 524 g/mol. The molecule has 0 spiro atoms. The highest BCUT2D eigenvalue weighted by atomic mass is 16.2. The standard InChI is InChI=1S/C29H38N8O4/c1-19(2)17-23-28(40)32-20(3)27-34-26(21-9-5-4-6-10-21)35-37(27)18-25(39)31-14-16-36(15-8-12-24(38)33-23)29(41)22-11-7-13-30-22/h4-7,9-11,13,19-20,23,30H,8,12,14-18H2,1-3H3,(H,31,39)(H,32,40)(H,33,38)/t20-,23+/m0/s1. The summed E-state index contributed by atoms with van der Waals surface area (Å²) < 4.78 is 1.48. The van der Waals surface area contributed by atoms with Gasteiger partial charge in [0.1, 0.15) is 24.1 Å². The van der Waals surface area contributed by atoms with E-state index in [9.17, 15) is 19.2 Å². The largest absolute Gasteiger partial charge is 0.357 e. The number of carbonyl (C=O) groups excluding carboxylic acids is 4. The molecule has 4 N–H and O–H groups in total. The second-order valence-electron chi connectivity index (χ2n) is 10.6. The van der Waals surface area contributed by atoms with Crippen LogP contribution >= 0.6 is 0 Å². The van der Waals surface area contributed by atoms with Crippen molar-refractivity contribution in [1.29, 1.82) is 0 Å². The van der Waals surface area contributed by atoms with Crippen LogP contribution in [0.3, 0.4) is 0 Å². The molecule has 2 atom stereocenters. The Labute approximate surface area is 239 Å². The fourth-order valence-electron chi connectivity index (χ4n) is 4.75. The van der Waals surface area contributed by atoms with Crippen LogP contribution in [0, 0.1) is 5.92 Å². The Balaban J connectivity index is 1.62. The van der Waals surface area contributed by atoms with E-state index in [1.807, 2.05) is 44.2 Å². The Morgan fingerprint density at radius 1 is 1.02 bits per heavy atom. The lowest BCUT2D eigenvalue weighted by Gasteiger charge is -2.23. The fraction of sp³-hybridized carbons (Fsp3) is 0.448. The second kappa shape index (κ2) is 13.7. The summed E-state index contributed by atoms with van der Waals surface area (Å²) in [6, 6.07) is 11.5. The number of H-pyrrole nitrogens is 1. The van der Waals surface area contributed by atoms with Gasteiger partial charge in [0, 0.05) is 37.8 Å². The normalized spacial score (nSPS) is 19.6. The molecule has 0 saturated heterocycles. The van der Waals surface area contributed by atoms with Gasteiger partial charge in [-0.1, -0.05) is 44.2 Å². The number of nitrogens with one attached hydrogen (secondary N) is 4. The van der Waals surface area contributed by atoms with Gasteiger partial charge >= 0.3 is 0 Å². The summed E-state index contributed by atoms with van der Waals surface area (Å²) in [5, 5.41) is 13.3. The molecule has 3 heterocycles. The van der Waals surface area contributed by atoms with Crippen LogP contribution in [-0.2, 0) is 20.9 Å². The third kappa shape index (κ3) is 8.03. The monoisotopic (exact) mass is 562 g/mol. The van der Waals surface area contributed by atoms with Crippen LogP contribution in [0.4, 0.5) is 0 Å². The highest BCUT2D eigenvalue weighted by Crippen LogP contribution is 2.19. The first kappa shape index (κ1) is 29.5. The molecular formula is C29H38N8O4. The van der Waals surface area contributed by atoms with Gasteiger partial charge in [-0.2, -0.15) is 5.10 Å². The molecule has 0 fully saturated rings. The zero-order valence-electron chi connectivity index (χ0n) is 23.7. The topological polar surface area (TPSA) is 154 Å². The molecule has 1 aromatic carbocycles. The Hall–Kier alpha value is -4.48. The van der Waals surface area contributed by atoms with E-state index < -0.39 is 12.1 Å². The summed E-state index contributed by atoms with van der Waals surface area (Å²) >= 11 is 0.